The molecule has 0 atom stereocenters. The van der Waals surface area contributed by atoms with Crippen LogP contribution in [0.25, 0.3) is 22.2 Å². The smallest absolute Gasteiger partial charge is 0.137 e. The van der Waals surface area contributed by atoms with Crippen LogP contribution in [0.1, 0.15) is 37.2 Å². The normalized spacial score (nSPS) is 24.5. The number of ether oxygens (including phenoxy) is 1. The summed E-state index contributed by atoms with van der Waals surface area (Å²) in [5.74, 6) is 0.621. The first-order valence-corrected chi connectivity index (χ1v) is 10.1. The third-order valence-electron chi connectivity index (χ3n) is 6.30. The molecule has 6 nitrogen and oxygen atoms in total. The van der Waals surface area contributed by atoms with Gasteiger partial charge in [0, 0.05) is 61.3 Å². The molecule has 0 bridgehead atoms. The van der Waals surface area contributed by atoms with Crippen molar-refractivity contribution >= 4 is 11.0 Å². The third kappa shape index (κ3) is 3.28. The molecule has 1 N–H and O–H groups in total. The van der Waals surface area contributed by atoms with Crippen molar-refractivity contribution in [3.63, 3.8) is 0 Å². The summed E-state index contributed by atoms with van der Waals surface area (Å²) in [7, 11) is 1.95. The van der Waals surface area contributed by atoms with Gasteiger partial charge in [0.05, 0.1) is 19.4 Å². The van der Waals surface area contributed by atoms with E-state index in [1.54, 1.807) is 0 Å². The minimum Gasteiger partial charge on any atom is -0.379 e. The lowest BCUT2D eigenvalue weighted by atomic mass is 9.81. The minimum absolute atomic E-state index is 0.621. The van der Waals surface area contributed by atoms with Crippen LogP contribution >= 0.6 is 0 Å². The summed E-state index contributed by atoms with van der Waals surface area (Å²) in [6, 6.07) is 3.08. The highest BCUT2D eigenvalue weighted by Crippen LogP contribution is 2.37. The highest BCUT2D eigenvalue weighted by molar-refractivity contribution is 5.93. The van der Waals surface area contributed by atoms with Crippen LogP contribution < -0.4 is 0 Å². The first kappa shape index (κ1) is 17.0. The Morgan fingerprint density at radius 1 is 1.11 bits per heavy atom. The highest BCUT2D eigenvalue weighted by Gasteiger charge is 2.28. The molecule has 0 amide bonds. The van der Waals surface area contributed by atoms with Crippen molar-refractivity contribution in [1.29, 1.82) is 0 Å². The van der Waals surface area contributed by atoms with Gasteiger partial charge in [-0.3, -0.25) is 9.58 Å². The number of hydrogen-bond donors (Lipinski definition) is 1. The Labute approximate surface area is 159 Å². The second kappa shape index (κ2) is 7.09. The summed E-state index contributed by atoms with van der Waals surface area (Å²) in [6.45, 7) is 3.98. The van der Waals surface area contributed by atoms with Crippen LogP contribution in [0.5, 0.6) is 0 Å². The van der Waals surface area contributed by atoms with Crippen molar-refractivity contribution in [2.75, 3.05) is 26.3 Å². The van der Waals surface area contributed by atoms with Crippen molar-refractivity contribution in [3.05, 3.63) is 36.4 Å². The fraction of sp³-hybridized carbons (Fsp3) is 0.524. The first-order valence-electron chi connectivity index (χ1n) is 10.1. The van der Waals surface area contributed by atoms with Crippen molar-refractivity contribution in [1.82, 2.24) is 24.6 Å². The molecule has 3 aromatic heterocycles. The van der Waals surface area contributed by atoms with Crippen LogP contribution in [0.15, 0.2) is 30.9 Å². The van der Waals surface area contributed by atoms with E-state index in [0.717, 1.165) is 43.6 Å². The van der Waals surface area contributed by atoms with Gasteiger partial charge in [-0.1, -0.05) is 0 Å². The van der Waals surface area contributed by atoms with Crippen LogP contribution in [-0.2, 0) is 11.8 Å². The molecule has 0 aromatic carbocycles. The summed E-state index contributed by atoms with van der Waals surface area (Å²) in [4.78, 5) is 10.7. The monoisotopic (exact) mass is 365 g/mol. The molecule has 5 rings (SSSR count). The Kier molecular flexibility index (Phi) is 4.45. The van der Waals surface area contributed by atoms with E-state index in [9.17, 15) is 0 Å². The number of nitrogens with zero attached hydrogens (tertiary/aromatic N) is 4. The Morgan fingerprint density at radius 3 is 2.67 bits per heavy atom. The number of fused-ring (bicyclic) bond motifs is 1. The maximum atomic E-state index is 5.50. The van der Waals surface area contributed by atoms with Crippen molar-refractivity contribution in [2.45, 2.75) is 37.6 Å². The SMILES string of the molecule is Cn1cc(-c2c[nH]c3ncc([C@H]4CC[C@@H](N5CCOCC5)CC4)cc23)cn1. The predicted molar refractivity (Wildman–Crippen MR) is 106 cm³/mol. The maximum Gasteiger partial charge on any atom is 0.137 e. The fourth-order valence-electron chi connectivity index (χ4n) is 4.76. The number of nitrogens with one attached hydrogen (secondary N) is 1. The Morgan fingerprint density at radius 2 is 1.93 bits per heavy atom. The molecule has 142 valence electrons. The molecule has 3 aromatic rings. The summed E-state index contributed by atoms with van der Waals surface area (Å²) in [5.41, 5.74) is 4.67. The van der Waals surface area contributed by atoms with E-state index in [1.807, 2.05) is 24.1 Å². The summed E-state index contributed by atoms with van der Waals surface area (Å²) in [5, 5.41) is 5.52. The molecule has 2 aliphatic rings. The second-order valence-corrected chi connectivity index (χ2v) is 7.92. The predicted octanol–water partition coefficient (Wildman–Crippen LogP) is 3.32. The number of pyridine rings is 1. The lowest BCUT2D eigenvalue weighted by Crippen LogP contribution is -2.44. The van der Waals surface area contributed by atoms with Crippen LogP contribution in [0.3, 0.4) is 0 Å². The van der Waals surface area contributed by atoms with E-state index in [-0.39, 0.29) is 0 Å². The first-order chi connectivity index (χ1) is 13.3. The van der Waals surface area contributed by atoms with Gasteiger partial charge in [-0.25, -0.2) is 4.98 Å². The summed E-state index contributed by atoms with van der Waals surface area (Å²) in [6.07, 6.45) is 13.2. The lowest BCUT2D eigenvalue weighted by Gasteiger charge is -2.38. The van der Waals surface area contributed by atoms with E-state index in [1.165, 1.54) is 42.2 Å². The van der Waals surface area contributed by atoms with Crippen LogP contribution in [-0.4, -0.2) is 57.0 Å². The fourth-order valence-corrected chi connectivity index (χ4v) is 4.76. The van der Waals surface area contributed by atoms with Gasteiger partial charge < -0.3 is 9.72 Å². The number of H-pyrrole nitrogens is 1. The number of hydrogen-bond acceptors (Lipinski definition) is 4. The molecular weight excluding hydrogens is 338 g/mol. The Hall–Kier alpha value is -2.18. The van der Waals surface area contributed by atoms with Crippen molar-refractivity contribution in [2.24, 2.45) is 7.05 Å². The lowest BCUT2D eigenvalue weighted by molar-refractivity contribution is 0.00729. The van der Waals surface area contributed by atoms with Crippen LogP contribution in [0.2, 0.25) is 0 Å². The van der Waals surface area contributed by atoms with Crippen molar-refractivity contribution < 1.29 is 4.74 Å². The van der Waals surface area contributed by atoms with Gasteiger partial charge in [0.15, 0.2) is 0 Å². The molecule has 1 aliphatic heterocycles. The number of rotatable bonds is 3. The standard InChI is InChI=1S/C21H27N5O/c1-25-14-17(12-24-25)20-13-23-21-19(20)10-16(11-22-21)15-2-4-18(5-3-15)26-6-8-27-9-7-26/h10-15,18H,2-9H2,1H3,(H,22,23)/t15-,18+. The topological polar surface area (TPSA) is 59.0 Å². The molecule has 0 radical (unpaired) electrons. The zero-order valence-electron chi connectivity index (χ0n) is 15.9. The van der Waals surface area contributed by atoms with Gasteiger partial charge in [0.1, 0.15) is 5.65 Å². The third-order valence-corrected chi connectivity index (χ3v) is 6.30. The zero-order valence-corrected chi connectivity index (χ0v) is 15.9. The average molecular weight is 365 g/mol. The number of aryl methyl sites for hydroxylation is 1. The second-order valence-electron chi connectivity index (χ2n) is 7.92. The molecule has 1 saturated carbocycles. The molecule has 27 heavy (non-hydrogen) atoms. The van der Waals surface area contributed by atoms with Gasteiger partial charge >= 0.3 is 0 Å². The summed E-state index contributed by atoms with van der Waals surface area (Å²) >= 11 is 0. The molecule has 0 unspecified atom stereocenters. The number of aromatic amines is 1. The molecule has 0 spiro atoms. The minimum atomic E-state index is 0.621. The number of aromatic nitrogens is 4. The van der Waals surface area contributed by atoms with E-state index < -0.39 is 0 Å². The van der Waals surface area contributed by atoms with Gasteiger partial charge in [-0.2, -0.15) is 5.10 Å². The average Bonchev–Trinajstić information content (AvgIpc) is 3.34. The largest absolute Gasteiger partial charge is 0.379 e. The van der Waals surface area contributed by atoms with Crippen LogP contribution in [0, 0.1) is 0 Å². The molecular formula is C21H27N5O. The van der Waals surface area contributed by atoms with E-state index >= 15 is 0 Å². The van der Waals surface area contributed by atoms with Crippen LogP contribution in [0.4, 0.5) is 0 Å². The van der Waals surface area contributed by atoms with Gasteiger partial charge in [0.25, 0.3) is 0 Å². The molecule has 6 heteroatoms. The van der Waals surface area contributed by atoms with E-state index in [4.69, 9.17) is 9.72 Å². The zero-order chi connectivity index (χ0) is 18.2. The van der Waals surface area contributed by atoms with Gasteiger partial charge in [-0.15, -0.1) is 0 Å². The highest BCUT2D eigenvalue weighted by atomic mass is 16.5. The quantitative estimate of drug-likeness (QED) is 0.773. The number of morpholine rings is 1. The van der Waals surface area contributed by atoms with E-state index in [2.05, 4.69) is 33.4 Å². The Bertz CT molecular complexity index is 916. The molecule has 1 saturated heterocycles. The van der Waals surface area contributed by atoms with Crippen molar-refractivity contribution in [3.8, 4) is 11.1 Å². The molecule has 1 aliphatic carbocycles. The molecule has 4 heterocycles. The summed E-state index contributed by atoms with van der Waals surface area (Å²) < 4.78 is 7.35. The van der Waals surface area contributed by atoms with Gasteiger partial charge in [0.2, 0.25) is 0 Å². The van der Waals surface area contributed by atoms with Gasteiger partial charge in [-0.05, 0) is 43.2 Å². The van der Waals surface area contributed by atoms with E-state index in [0.29, 0.717) is 5.92 Å². The molecule has 2 fully saturated rings. The Balaban J connectivity index is 1.35. The maximum absolute atomic E-state index is 5.50.